The Hall–Kier alpha value is -1.88. The third-order valence-electron chi connectivity index (χ3n) is 2.60. The van der Waals surface area contributed by atoms with Crippen LogP contribution in [0.4, 0.5) is 5.69 Å². The van der Waals surface area contributed by atoms with Gasteiger partial charge < -0.3 is 16.8 Å². The summed E-state index contributed by atoms with van der Waals surface area (Å²) in [6.07, 6.45) is -0.157. The van der Waals surface area contributed by atoms with Crippen LogP contribution in [0.2, 0.25) is 0 Å². The van der Waals surface area contributed by atoms with Crippen molar-refractivity contribution in [2.45, 2.75) is 32.2 Å². The third-order valence-corrected chi connectivity index (χ3v) is 2.60. The highest BCUT2D eigenvalue weighted by atomic mass is 16.2. The van der Waals surface area contributed by atoms with Crippen LogP contribution >= 0.6 is 0 Å². The van der Waals surface area contributed by atoms with Crippen molar-refractivity contribution in [2.75, 3.05) is 5.32 Å². The summed E-state index contributed by atoms with van der Waals surface area (Å²) in [7, 11) is 0. The van der Waals surface area contributed by atoms with E-state index in [1.165, 1.54) is 0 Å². The maximum absolute atomic E-state index is 11.8. The van der Waals surface area contributed by atoms with E-state index in [4.69, 9.17) is 11.5 Å². The normalized spacial score (nSPS) is 12.2. The van der Waals surface area contributed by atoms with Crippen LogP contribution in [-0.2, 0) is 9.59 Å². The number of amides is 2. The van der Waals surface area contributed by atoms with Gasteiger partial charge in [0.05, 0.1) is 12.5 Å². The van der Waals surface area contributed by atoms with Crippen LogP contribution in [0.15, 0.2) is 24.3 Å². The molecule has 98 valence electrons. The van der Waals surface area contributed by atoms with Crippen molar-refractivity contribution in [1.29, 1.82) is 0 Å². The first-order valence-electron chi connectivity index (χ1n) is 5.85. The molecule has 0 aliphatic rings. The van der Waals surface area contributed by atoms with Crippen LogP contribution in [0.25, 0.3) is 0 Å². The predicted octanol–water partition coefficient (Wildman–Crippen LogP) is 0.951. The van der Waals surface area contributed by atoms with E-state index in [0.717, 1.165) is 11.3 Å². The topological polar surface area (TPSA) is 98.2 Å². The fourth-order valence-corrected chi connectivity index (χ4v) is 1.65. The number of nitrogens with one attached hydrogen (secondary N) is 1. The number of nitrogens with two attached hydrogens (primary N) is 2. The molecule has 0 fully saturated rings. The standard InChI is InChI=1S/C13H19N3O2/c1-8(2)9-5-3-4-6-11(9)16-13(18)10(14)7-12(15)17/h3-6,8,10H,7,14H2,1-2H3,(H2,15,17)(H,16,18). The van der Waals surface area contributed by atoms with Gasteiger partial charge in [0.15, 0.2) is 0 Å². The van der Waals surface area contributed by atoms with Crippen molar-refractivity contribution in [3.05, 3.63) is 29.8 Å². The fourth-order valence-electron chi connectivity index (χ4n) is 1.65. The summed E-state index contributed by atoms with van der Waals surface area (Å²) in [4.78, 5) is 22.5. The van der Waals surface area contributed by atoms with E-state index in [1.54, 1.807) is 0 Å². The lowest BCUT2D eigenvalue weighted by Gasteiger charge is -2.15. The molecule has 2 amide bonds. The van der Waals surface area contributed by atoms with Gasteiger partial charge >= 0.3 is 0 Å². The molecule has 1 atom stereocenters. The van der Waals surface area contributed by atoms with Crippen molar-refractivity contribution in [1.82, 2.24) is 0 Å². The van der Waals surface area contributed by atoms with E-state index in [0.29, 0.717) is 0 Å². The lowest BCUT2D eigenvalue weighted by molar-refractivity contribution is -0.123. The minimum atomic E-state index is -0.914. The zero-order valence-electron chi connectivity index (χ0n) is 10.6. The number of primary amides is 1. The first-order chi connectivity index (χ1) is 8.41. The van der Waals surface area contributed by atoms with Crippen LogP contribution in [0.1, 0.15) is 31.7 Å². The third kappa shape index (κ3) is 3.85. The second-order valence-electron chi connectivity index (χ2n) is 4.51. The van der Waals surface area contributed by atoms with E-state index in [9.17, 15) is 9.59 Å². The van der Waals surface area contributed by atoms with Crippen LogP contribution in [0.3, 0.4) is 0 Å². The van der Waals surface area contributed by atoms with Crippen molar-refractivity contribution in [3.63, 3.8) is 0 Å². The number of carbonyl (C=O) groups is 2. The highest BCUT2D eigenvalue weighted by Gasteiger charge is 2.17. The Balaban J connectivity index is 2.78. The minimum absolute atomic E-state index is 0.157. The quantitative estimate of drug-likeness (QED) is 0.724. The molecule has 1 rings (SSSR count). The summed E-state index contributed by atoms with van der Waals surface area (Å²) in [6, 6.07) is 6.59. The molecule has 1 aromatic carbocycles. The van der Waals surface area contributed by atoms with Gasteiger partial charge in [-0.25, -0.2) is 0 Å². The van der Waals surface area contributed by atoms with Crippen LogP contribution in [-0.4, -0.2) is 17.9 Å². The van der Waals surface area contributed by atoms with Gasteiger partial charge in [0.2, 0.25) is 11.8 Å². The highest BCUT2D eigenvalue weighted by Crippen LogP contribution is 2.23. The summed E-state index contributed by atoms with van der Waals surface area (Å²) >= 11 is 0. The van der Waals surface area contributed by atoms with Gasteiger partial charge in [-0.2, -0.15) is 0 Å². The summed E-state index contributed by atoms with van der Waals surface area (Å²) < 4.78 is 0. The lowest BCUT2D eigenvalue weighted by Crippen LogP contribution is -2.39. The molecule has 0 saturated carbocycles. The minimum Gasteiger partial charge on any atom is -0.370 e. The summed E-state index contributed by atoms with van der Waals surface area (Å²) in [5, 5.41) is 2.73. The molecule has 18 heavy (non-hydrogen) atoms. The lowest BCUT2D eigenvalue weighted by atomic mass is 10.0. The summed E-state index contributed by atoms with van der Waals surface area (Å²) in [6.45, 7) is 4.07. The van der Waals surface area contributed by atoms with E-state index < -0.39 is 17.9 Å². The first-order valence-corrected chi connectivity index (χ1v) is 5.85. The van der Waals surface area contributed by atoms with E-state index >= 15 is 0 Å². The Kier molecular flexibility index (Phi) is 4.85. The predicted molar refractivity (Wildman–Crippen MR) is 70.9 cm³/mol. The zero-order valence-corrected chi connectivity index (χ0v) is 10.6. The Labute approximate surface area is 107 Å². The molecule has 0 aliphatic carbocycles. The Morgan fingerprint density at radius 3 is 2.44 bits per heavy atom. The molecule has 0 aliphatic heterocycles. The van der Waals surface area contributed by atoms with Gasteiger partial charge in [0.1, 0.15) is 0 Å². The van der Waals surface area contributed by atoms with Crippen LogP contribution in [0.5, 0.6) is 0 Å². The van der Waals surface area contributed by atoms with E-state index in [1.807, 2.05) is 38.1 Å². The maximum atomic E-state index is 11.8. The van der Waals surface area contributed by atoms with Gasteiger partial charge in [-0.05, 0) is 17.5 Å². The van der Waals surface area contributed by atoms with Crippen LogP contribution < -0.4 is 16.8 Å². The van der Waals surface area contributed by atoms with E-state index in [2.05, 4.69) is 5.32 Å². The Bertz CT molecular complexity index is 444. The molecule has 0 bridgehead atoms. The van der Waals surface area contributed by atoms with Crippen molar-refractivity contribution in [3.8, 4) is 0 Å². The average Bonchev–Trinajstić information content (AvgIpc) is 2.28. The molecular formula is C13H19N3O2. The Morgan fingerprint density at radius 2 is 1.89 bits per heavy atom. The molecule has 0 aromatic heterocycles. The molecular weight excluding hydrogens is 230 g/mol. The number of benzene rings is 1. The number of carbonyl (C=O) groups excluding carboxylic acids is 2. The highest BCUT2D eigenvalue weighted by molar-refractivity contribution is 5.97. The molecule has 0 heterocycles. The van der Waals surface area contributed by atoms with Gasteiger partial charge in [-0.3, -0.25) is 9.59 Å². The second kappa shape index (κ2) is 6.16. The molecule has 5 N–H and O–H groups in total. The number of rotatable bonds is 5. The van der Waals surface area contributed by atoms with Crippen molar-refractivity contribution >= 4 is 17.5 Å². The van der Waals surface area contributed by atoms with Gasteiger partial charge in [0, 0.05) is 5.69 Å². The smallest absolute Gasteiger partial charge is 0.241 e. The number of hydrogen-bond acceptors (Lipinski definition) is 3. The number of anilines is 1. The monoisotopic (exact) mass is 249 g/mol. The second-order valence-corrected chi connectivity index (χ2v) is 4.51. The zero-order chi connectivity index (χ0) is 13.7. The first kappa shape index (κ1) is 14.2. The number of hydrogen-bond donors (Lipinski definition) is 3. The number of para-hydroxylation sites is 1. The van der Waals surface area contributed by atoms with E-state index in [-0.39, 0.29) is 12.3 Å². The molecule has 0 radical (unpaired) electrons. The fraction of sp³-hybridized carbons (Fsp3) is 0.385. The Morgan fingerprint density at radius 1 is 1.28 bits per heavy atom. The average molecular weight is 249 g/mol. The van der Waals surface area contributed by atoms with Gasteiger partial charge in [-0.1, -0.05) is 32.0 Å². The summed E-state index contributed by atoms with van der Waals surface area (Å²) in [5.74, 6) is -0.703. The largest absolute Gasteiger partial charge is 0.370 e. The van der Waals surface area contributed by atoms with Crippen LogP contribution in [0, 0.1) is 0 Å². The van der Waals surface area contributed by atoms with Gasteiger partial charge in [0.25, 0.3) is 0 Å². The SMILES string of the molecule is CC(C)c1ccccc1NC(=O)C(N)CC(N)=O. The van der Waals surface area contributed by atoms with Gasteiger partial charge in [-0.15, -0.1) is 0 Å². The van der Waals surface area contributed by atoms with Crippen molar-refractivity contribution in [2.24, 2.45) is 11.5 Å². The van der Waals surface area contributed by atoms with Crippen molar-refractivity contribution < 1.29 is 9.59 Å². The molecule has 5 nitrogen and oxygen atoms in total. The molecule has 0 saturated heterocycles. The maximum Gasteiger partial charge on any atom is 0.241 e. The molecule has 1 aromatic rings. The summed E-state index contributed by atoms with van der Waals surface area (Å²) in [5.41, 5.74) is 12.3. The molecule has 5 heteroatoms. The molecule has 1 unspecified atom stereocenters. The molecule has 0 spiro atoms.